The molecule has 4 heterocycles. The zero-order valence-corrected chi connectivity index (χ0v) is 17.9. The molecule has 0 radical (unpaired) electrons. The van der Waals surface area contributed by atoms with Crippen LogP contribution in [0, 0.1) is 5.92 Å². The number of carbonyl (C=O) groups excluding carboxylic acids is 2. The highest BCUT2D eigenvalue weighted by Crippen LogP contribution is 2.58. The summed E-state index contributed by atoms with van der Waals surface area (Å²) in [5.41, 5.74) is 3.33. The van der Waals surface area contributed by atoms with E-state index in [0.717, 1.165) is 43.1 Å². The van der Waals surface area contributed by atoms with Crippen molar-refractivity contribution in [3.63, 3.8) is 0 Å². The molecule has 1 aliphatic heterocycles. The predicted octanol–water partition coefficient (Wildman–Crippen LogP) is 2.59. The van der Waals surface area contributed by atoms with Crippen molar-refractivity contribution < 1.29 is 14.3 Å². The molecular weight excluding hydrogens is 414 g/mol. The van der Waals surface area contributed by atoms with Gasteiger partial charge in [0.05, 0.1) is 24.4 Å². The Morgan fingerprint density at radius 1 is 1.29 bits per heavy atom. The first kappa shape index (κ1) is 19.9. The summed E-state index contributed by atoms with van der Waals surface area (Å²) in [6.07, 6.45) is 5.63. The van der Waals surface area contributed by atoms with Gasteiger partial charge in [0.1, 0.15) is 5.69 Å². The summed E-state index contributed by atoms with van der Waals surface area (Å²) >= 11 is 1.34. The summed E-state index contributed by atoms with van der Waals surface area (Å²) in [6.45, 7) is 1.48. The monoisotopic (exact) mass is 437 g/mol. The van der Waals surface area contributed by atoms with Crippen molar-refractivity contribution in [2.75, 3.05) is 25.1 Å². The number of amides is 2. The largest absolute Gasteiger partial charge is 0.381 e. The molecule has 2 unspecified atom stereocenters. The van der Waals surface area contributed by atoms with Crippen LogP contribution in [0.15, 0.2) is 42.0 Å². The Bertz CT molecular complexity index is 1140. The van der Waals surface area contributed by atoms with Crippen molar-refractivity contribution in [1.82, 2.24) is 19.9 Å². The zero-order valence-electron chi connectivity index (χ0n) is 17.1. The van der Waals surface area contributed by atoms with Gasteiger partial charge in [-0.15, -0.1) is 11.3 Å². The molecular formula is C22H23N5O3S. The minimum Gasteiger partial charge on any atom is -0.381 e. The topological polar surface area (TPSA) is 98.1 Å². The fourth-order valence-corrected chi connectivity index (χ4v) is 4.91. The van der Waals surface area contributed by atoms with Crippen LogP contribution < -0.4 is 10.6 Å². The molecule has 0 spiro atoms. The third-order valence-electron chi connectivity index (χ3n) is 6.02. The SMILES string of the molecule is Cn1ccc(C(=O)NCC(=O)Nc2nc(-c3cccc(C45CCOCC4C5)n3)cs2)c1. The minimum atomic E-state index is -0.325. The molecule has 160 valence electrons. The molecule has 9 heteroatoms. The highest BCUT2D eigenvalue weighted by atomic mass is 32.1. The maximum absolute atomic E-state index is 12.2. The third kappa shape index (κ3) is 3.98. The second kappa shape index (κ2) is 7.90. The van der Waals surface area contributed by atoms with E-state index in [1.165, 1.54) is 11.3 Å². The van der Waals surface area contributed by atoms with Crippen molar-refractivity contribution in [1.29, 1.82) is 0 Å². The Labute approximate surface area is 183 Å². The molecule has 5 rings (SSSR count). The lowest BCUT2D eigenvalue weighted by Crippen LogP contribution is -2.32. The highest BCUT2D eigenvalue weighted by Gasteiger charge is 2.57. The van der Waals surface area contributed by atoms with E-state index in [0.29, 0.717) is 16.6 Å². The second-order valence-electron chi connectivity index (χ2n) is 8.12. The van der Waals surface area contributed by atoms with Gasteiger partial charge < -0.3 is 19.9 Å². The van der Waals surface area contributed by atoms with Crippen LogP contribution in [0.3, 0.4) is 0 Å². The lowest BCUT2D eigenvalue weighted by atomic mass is 9.93. The second-order valence-corrected chi connectivity index (χ2v) is 8.98. The third-order valence-corrected chi connectivity index (χ3v) is 6.78. The predicted molar refractivity (Wildman–Crippen MR) is 117 cm³/mol. The number of hydrogen-bond acceptors (Lipinski definition) is 6. The molecule has 1 saturated carbocycles. The van der Waals surface area contributed by atoms with E-state index in [-0.39, 0.29) is 23.8 Å². The van der Waals surface area contributed by atoms with Gasteiger partial charge in [-0.05, 0) is 37.0 Å². The van der Waals surface area contributed by atoms with Crippen molar-refractivity contribution in [2.24, 2.45) is 13.0 Å². The lowest BCUT2D eigenvalue weighted by Gasteiger charge is -2.22. The van der Waals surface area contributed by atoms with Crippen LogP contribution in [0.1, 0.15) is 28.9 Å². The first-order valence-corrected chi connectivity index (χ1v) is 11.1. The van der Waals surface area contributed by atoms with E-state index in [1.807, 2.05) is 24.6 Å². The quantitative estimate of drug-likeness (QED) is 0.618. The molecule has 2 aliphatic rings. The van der Waals surface area contributed by atoms with Gasteiger partial charge in [0.15, 0.2) is 5.13 Å². The van der Waals surface area contributed by atoms with Crippen LogP contribution in [-0.2, 0) is 22.0 Å². The van der Waals surface area contributed by atoms with Crippen LogP contribution in [0.4, 0.5) is 5.13 Å². The number of ether oxygens (including phenoxy) is 1. The number of carbonyl (C=O) groups is 2. The molecule has 2 fully saturated rings. The summed E-state index contributed by atoms with van der Waals surface area (Å²) < 4.78 is 7.36. The summed E-state index contributed by atoms with van der Waals surface area (Å²) in [5, 5.41) is 7.72. The highest BCUT2D eigenvalue weighted by molar-refractivity contribution is 7.14. The number of nitrogens with one attached hydrogen (secondary N) is 2. The van der Waals surface area contributed by atoms with Gasteiger partial charge in [0, 0.05) is 42.5 Å². The Hall–Kier alpha value is -3.04. The van der Waals surface area contributed by atoms with Gasteiger partial charge in [-0.3, -0.25) is 14.6 Å². The first-order chi connectivity index (χ1) is 15.0. The number of fused-ring (bicyclic) bond motifs is 1. The molecule has 0 aromatic carbocycles. The molecule has 3 aromatic rings. The Balaban J connectivity index is 1.21. The van der Waals surface area contributed by atoms with Crippen LogP contribution in [0.25, 0.3) is 11.4 Å². The van der Waals surface area contributed by atoms with E-state index in [2.05, 4.69) is 21.7 Å². The maximum atomic E-state index is 12.2. The van der Waals surface area contributed by atoms with E-state index >= 15 is 0 Å². The number of hydrogen-bond donors (Lipinski definition) is 2. The number of rotatable bonds is 6. The van der Waals surface area contributed by atoms with Gasteiger partial charge in [0.25, 0.3) is 5.91 Å². The summed E-state index contributed by atoms with van der Waals surface area (Å²) in [5.74, 6) is -0.0448. The molecule has 0 bridgehead atoms. The van der Waals surface area contributed by atoms with Crippen molar-refractivity contribution in [2.45, 2.75) is 18.3 Å². The van der Waals surface area contributed by atoms with Crippen molar-refractivity contribution in [3.05, 3.63) is 53.3 Å². The Morgan fingerprint density at radius 2 is 2.19 bits per heavy atom. The average molecular weight is 438 g/mol. The summed E-state index contributed by atoms with van der Waals surface area (Å²) in [6, 6.07) is 7.76. The number of aryl methyl sites for hydroxylation is 1. The van der Waals surface area contributed by atoms with Gasteiger partial charge in [0.2, 0.25) is 5.91 Å². The smallest absolute Gasteiger partial charge is 0.253 e. The number of pyridine rings is 1. The van der Waals surface area contributed by atoms with Gasteiger partial charge in [-0.1, -0.05) is 6.07 Å². The number of nitrogens with zero attached hydrogens (tertiary/aromatic N) is 3. The maximum Gasteiger partial charge on any atom is 0.253 e. The number of thiazole rings is 1. The van der Waals surface area contributed by atoms with Crippen LogP contribution in [-0.4, -0.2) is 46.1 Å². The number of anilines is 1. The molecule has 8 nitrogen and oxygen atoms in total. The van der Waals surface area contributed by atoms with E-state index < -0.39 is 0 Å². The molecule has 2 amide bonds. The summed E-state index contributed by atoms with van der Waals surface area (Å²) in [4.78, 5) is 33.7. The Morgan fingerprint density at radius 3 is 3.00 bits per heavy atom. The van der Waals surface area contributed by atoms with Crippen molar-refractivity contribution in [3.8, 4) is 11.4 Å². The standard InChI is InChI=1S/C22H23N5O3S/c1-27-7-5-14(11-27)20(29)23-10-19(28)26-21-25-17(13-31-21)16-3-2-4-18(24-16)22-6-8-30-12-15(22)9-22/h2-5,7,11,13,15H,6,8-10,12H2,1H3,(H,23,29)(H,25,26,28). The van der Waals surface area contributed by atoms with E-state index in [1.54, 1.807) is 23.0 Å². The van der Waals surface area contributed by atoms with E-state index in [9.17, 15) is 9.59 Å². The van der Waals surface area contributed by atoms with Crippen LogP contribution >= 0.6 is 11.3 Å². The Kier molecular flexibility index (Phi) is 5.07. The minimum absolute atomic E-state index is 0.123. The fraction of sp³-hybridized carbons (Fsp3) is 0.364. The molecule has 1 aliphatic carbocycles. The molecule has 3 aromatic heterocycles. The molecule has 2 atom stereocenters. The van der Waals surface area contributed by atoms with Gasteiger partial charge >= 0.3 is 0 Å². The molecule has 31 heavy (non-hydrogen) atoms. The zero-order chi connectivity index (χ0) is 21.4. The van der Waals surface area contributed by atoms with Crippen molar-refractivity contribution >= 4 is 28.3 Å². The fourth-order valence-electron chi connectivity index (χ4n) is 4.19. The van der Waals surface area contributed by atoms with Crippen LogP contribution in [0.5, 0.6) is 0 Å². The molecule has 1 saturated heterocycles. The van der Waals surface area contributed by atoms with Crippen LogP contribution in [0.2, 0.25) is 0 Å². The first-order valence-electron chi connectivity index (χ1n) is 10.2. The lowest BCUT2D eigenvalue weighted by molar-refractivity contribution is -0.115. The van der Waals surface area contributed by atoms with Gasteiger partial charge in [-0.25, -0.2) is 4.98 Å². The van der Waals surface area contributed by atoms with Gasteiger partial charge in [-0.2, -0.15) is 0 Å². The molecule has 2 N–H and O–H groups in total. The average Bonchev–Trinajstić information content (AvgIpc) is 3.08. The normalized spacial score (nSPS) is 21.9. The van der Waals surface area contributed by atoms with E-state index in [4.69, 9.17) is 9.72 Å². The number of aromatic nitrogens is 3. The summed E-state index contributed by atoms with van der Waals surface area (Å²) in [7, 11) is 1.83.